The number of carboxylic acids is 1. The summed E-state index contributed by atoms with van der Waals surface area (Å²) in [5.74, 6) is -2.06. The summed E-state index contributed by atoms with van der Waals surface area (Å²) in [5.41, 5.74) is -0.414. The van der Waals surface area contributed by atoms with Crippen LogP contribution in [0, 0.1) is 12.7 Å². The van der Waals surface area contributed by atoms with E-state index in [0.29, 0.717) is 18.4 Å². The van der Waals surface area contributed by atoms with Crippen molar-refractivity contribution >= 4 is 11.9 Å². The van der Waals surface area contributed by atoms with Gasteiger partial charge in [0.05, 0.1) is 0 Å². The van der Waals surface area contributed by atoms with Crippen molar-refractivity contribution in [2.45, 2.75) is 38.1 Å². The first-order valence-electron chi connectivity index (χ1n) is 6.26. The van der Waals surface area contributed by atoms with E-state index >= 15 is 0 Å². The van der Waals surface area contributed by atoms with Gasteiger partial charge in [-0.2, -0.15) is 0 Å². The summed E-state index contributed by atoms with van der Waals surface area (Å²) < 4.78 is 13.3. The van der Waals surface area contributed by atoms with Gasteiger partial charge in [0.25, 0.3) is 5.91 Å². The van der Waals surface area contributed by atoms with Crippen LogP contribution in [-0.4, -0.2) is 22.5 Å². The van der Waals surface area contributed by atoms with Crippen molar-refractivity contribution in [2.24, 2.45) is 0 Å². The molecule has 0 atom stereocenters. The Morgan fingerprint density at radius 1 is 1.26 bits per heavy atom. The summed E-state index contributed by atoms with van der Waals surface area (Å²) in [7, 11) is 0. The van der Waals surface area contributed by atoms with Crippen molar-refractivity contribution in [3.63, 3.8) is 0 Å². The summed E-state index contributed by atoms with van der Waals surface area (Å²) in [5, 5.41) is 11.8. The van der Waals surface area contributed by atoms with Gasteiger partial charge < -0.3 is 10.4 Å². The Bertz CT molecular complexity index is 501. The molecule has 1 aliphatic carbocycles. The molecule has 5 heteroatoms. The molecule has 0 radical (unpaired) electrons. The predicted molar refractivity (Wildman–Crippen MR) is 67.4 cm³/mol. The molecule has 0 saturated heterocycles. The zero-order chi connectivity index (χ0) is 14.0. The summed E-state index contributed by atoms with van der Waals surface area (Å²) in [6.07, 6.45) is 2.38. The van der Waals surface area contributed by atoms with Crippen molar-refractivity contribution in [2.75, 3.05) is 0 Å². The second-order valence-corrected chi connectivity index (χ2v) is 5.07. The zero-order valence-corrected chi connectivity index (χ0v) is 10.7. The SMILES string of the molecule is Cc1cc(F)cc(C(=O)NC2(C(=O)O)CCCC2)c1. The number of halogens is 1. The lowest BCUT2D eigenvalue weighted by Crippen LogP contribution is -2.52. The van der Waals surface area contributed by atoms with Crippen molar-refractivity contribution < 1.29 is 19.1 Å². The van der Waals surface area contributed by atoms with Gasteiger partial charge >= 0.3 is 5.97 Å². The molecule has 0 aliphatic heterocycles. The van der Waals surface area contributed by atoms with Crippen LogP contribution in [-0.2, 0) is 4.79 Å². The Hall–Kier alpha value is -1.91. The van der Waals surface area contributed by atoms with Gasteiger partial charge in [-0.25, -0.2) is 9.18 Å². The highest BCUT2D eigenvalue weighted by atomic mass is 19.1. The van der Waals surface area contributed by atoms with Crippen molar-refractivity contribution in [3.8, 4) is 0 Å². The quantitative estimate of drug-likeness (QED) is 0.881. The molecule has 1 fully saturated rings. The Kier molecular flexibility index (Phi) is 3.55. The van der Waals surface area contributed by atoms with E-state index in [4.69, 9.17) is 0 Å². The largest absolute Gasteiger partial charge is 0.480 e. The number of amides is 1. The molecule has 102 valence electrons. The zero-order valence-electron chi connectivity index (χ0n) is 10.7. The fourth-order valence-corrected chi connectivity index (χ4v) is 2.53. The number of rotatable bonds is 3. The molecule has 0 bridgehead atoms. The molecule has 2 N–H and O–H groups in total. The maximum absolute atomic E-state index is 13.3. The molecule has 19 heavy (non-hydrogen) atoms. The molecule has 1 saturated carbocycles. The Morgan fingerprint density at radius 2 is 1.89 bits per heavy atom. The minimum atomic E-state index is -1.20. The van der Waals surface area contributed by atoms with Crippen LogP contribution in [0.4, 0.5) is 4.39 Å². The number of benzene rings is 1. The Labute approximate surface area is 110 Å². The monoisotopic (exact) mass is 265 g/mol. The van der Waals surface area contributed by atoms with Crippen LogP contribution in [0.15, 0.2) is 18.2 Å². The average Bonchev–Trinajstić information content (AvgIpc) is 2.77. The minimum absolute atomic E-state index is 0.157. The van der Waals surface area contributed by atoms with E-state index in [1.807, 2.05) is 0 Å². The maximum atomic E-state index is 13.3. The number of nitrogens with one attached hydrogen (secondary N) is 1. The second-order valence-electron chi connectivity index (χ2n) is 5.07. The Balaban J connectivity index is 2.22. The lowest BCUT2D eigenvalue weighted by molar-refractivity contribution is -0.144. The summed E-state index contributed by atoms with van der Waals surface area (Å²) in [4.78, 5) is 23.4. The molecule has 0 unspecified atom stereocenters. The highest BCUT2D eigenvalue weighted by Crippen LogP contribution is 2.30. The number of hydrogen-bond donors (Lipinski definition) is 2. The van der Waals surface area contributed by atoms with E-state index in [1.54, 1.807) is 13.0 Å². The molecule has 0 spiro atoms. The first kappa shape index (κ1) is 13.5. The van der Waals surface area contributed by atoms with Gasteiger partial charge in [-0.05, 0) is 43.5 Å². The summed E-state index contributed by atoms with van der Waals surface area (Å²) in [6.45, 7) is 1.68. The first-order chi connectivity index (χ1) is 8.93. The van der Waals surface area contributed by atoms with Gasteiger partial charge in [0.1, 0.15) is 11.4 Å². The standard InChI is InChI=1S/C14H16FNO3/c1-9-6-10(8-11(15)7-9)12(17)16-14(13(18)19)4-2-3-5-14/h6-8H,2-5H2,1H3,(H,16,17)(H,18,19). The second kappa shape index (κ2) is 4.99. The molecule has 2 rings (SSSR count). The van der Waals surface area contributed by atoms with Crippen molar-refractivity contribution in [1.29, 1.82) is 0 Å². The van der Waals surface area contributed by atoms with Crippen LogP contribution >= 0.6 is 0 Å². The summed E-state index contributed by atoms with van der Waals surface area (Å²) >= 11 is 0. The van der Waals surface area contributed by atoms with E-state index < -0.39 is 23.2 Å². The molecule has 1 aromatic carbocycles. The molecule has 4 nitrogen and oxygen atoms in total. The Morgan fingerprint density at radius 3 is 2.42 bits per heavy atom. The van der Waals surface area contributed by atoms with Gasteiger partial charge in [0.15, 0.2) is 0 Å². The minimum Gasteiger partial charge on any atom is -0.480 e. The van der Waals surface area contributed by atoms with Crippen LogP contribution in [0.1, 0.15) is 41.6 Å². The molecule has 1 amide bonds. The van der Waals surface area contributed by atoms with Gasteiger partial charge in [-0.1, -0.05) is 12.8 Å². The van der Waals surface area contributed by atoms with Crippen LogP contribution in [0.25, 0.3) is 0 Å². The number of hydrogen-bond acceptors (Lipinski definition) is 2. The van der Waals surface area contributed by atoms with E-state index in [2.05, 4.69) is 5.32 Å². The average molecular weight is 265 g/mol. The van der Waals surface area contributed by atoms with Gasteiger partial charge in [0, 0.05) is 5.56 Å². The highest BCUT2D eigenvalue weighted by Gasteiger charge is 2.42. The number of carboxylic acid groups (broad SMARTS) is 1. The number of carbonyl (C=O) groups excluding carboxylic acids is 1. The molecule has 0 heterocycles. The molecular formula is C14H16FNO3. The third-order valence-electron chi connectivity index (χ3n) is 3.52. The van der Waals surface area contributed by atoms with E-state index in [-0.39, 0.29) is 5.56 Å². The van der Waals surface area contributed by atoms with E-state index in [9.17, 15) is 19.1 Å². The smallest absolute Gasteiger partial charge is 0.329 e. The number of aliphatic carboxylic acids is 1. The van der Waals surface area contributed by atoms with Crippen LogP contribution in [0.3, 0.4) is 0 Å². The highest BCUT2D eigenvalue weighted by molar-refractivity contribution is 5.98. The first-order valence-corrected chi connectivity index (χ1v) is 6.26. The van der Waals surface area contributed by atoms with Crippen LogP contribution in [0.5, 0.6) is 0 Å². The van der Waals surface area contributed by atoms with Gasteiger partial charge in [-0.3, -0.25) is 4.79 Å². The van der Waals surface area contributed by atoms with Gasteiger partial charge in [0.2, 0.25) is 0 Å². The van der Waals surface area contributed by atoms with Crippen molar-refractivity contribution in [3.05, 3.63) is 35.1 Å². The topological polar surface area (TPSA) is 66.4 Å². The van der Waals surface area contributed by atoms with E-state index in [1.165, 1.54) is 6.07 Å². The fraction of sp³-hybridized carbons (Fsp3) is 0.429. The number of carbonyl (C=O) groups is 2. The third-order valence-corrected chi connectivity index (χ3v) is 3.52. The molecular weight excluding hydrogens is 249 g/mol. The van der Waals surface area contributed by atoms with Crippen LogP contribution < -0.4 is 5.32 Å². The predicted octanol–water partition coefficient (Wildman–Crippen LogP) is 2.26. The normalized spacial score (nSPS) is 17.2. The van der Waals surface area contributed by atoms with E-state index in [0.717, 1.165) is 18.9 Å². The molecule has 0 aromatic heterocycles. The maximum Gasteiger partial charge on any atom is 0.329 e. The summed E-state index contributed by atoms with van der Waals surface area (Å²) in [6, 6.07) is 3.98. The van der Waals surface area contributed by atoms with Crippen molar-refractivity contribution in [1.82, 2.24) is 5.32 Å². The fourth-order valence-electron chi connectivity index (χ4n) is 2.53. The molecule has 1 aromatic rings. The lowest BCUT2D eigenvalue weighted by atomic mass is 9.97. The van der Waals surface area contributed by atoms with Crippen LogP contribution in [0.2, 0.25) is 0 Å². The third kappa shape index (κ3) is 2.75. The van der Waals surface area contributed by atoms with Gasteiger partial charge in [-0.15, -0.1) is 0 Å². The number of aryl methyl sites for hydroxylation is 1. The lowest BCUT2D eigenvalue weighted by Gasteiger charge is -2.25. The molecule has 1 aliphatic rings.